The minimum absolute atomic E-state index is 0.0598. The van der Waals surface area contributed by atoms with Crippen LogP contribution in [0.15, 0.2) is 76.6 Å². The van der Waals surface area contributed by atoms with Crippen LogP contribution < -0.4 is 15.8 Å². The van der Waals surface area contributed by atoms with Crippen LogP contribution in [0, 0.1) is 11.3 Å². The molecule has 0 bridgehead atoms. The first-order chi connectivity index (χ1) is 17.4. The zero-order valence-corrected chi connectivity index (χ0v) is 20.5. The molecule has 3 N–H and O–H groups in total. The van der Waals surface area contributed by atoms with Gasteiger partial charge in [-0.3, -0.25) is 19.3 Å². The van der Waals surface area contributed by atoms with Gasteiger partial charge in [-0.15, -0.1) is 0 Å². The van der Waals surface area contributed by atoms with Crippen molar-refractivity contribution < 1.29 is 23.9 Å². The number of amides is 2. The fourth-order valence-corrected chi connectivity index (χ4v) is 5.50. The number of rotatable bonds is 7. The maximum Gasteiger partial charge on any atom is 0.307 e. The van der Waals surface area contributed by atoms with E-state index in [1.807, 2.05) is 30.3 Å². The molecule has 2 amide bonds. The van der Waals surface area contributed by atoms with Crippen LogP contribution in [-0.2, 0) is 25.7 Å². The van der Waals surface area contributed by atoms with Gasteiger partial charge >= 0.3 is 5.97 Å². The van der Waals surface area contributed by atoms with Gasteiger partial charge in [-0.1, -0.05) is 54.2 Å². The third-order valence-corrected chi connectivity index (χ3v) is 7.22. The third-order valence-electron chi connectivity index (χ3n) is 5.95. The van der Waals surface area contributed by atoms with Gasteiger partial charge in [-0.05, 0) is 23.3 Å². The van der Waals surface area contributed by atoms with Crippen molar-refractivity contribution >= 4 is 29.5 Å². The van der Waals surface area contributed by atoms with E-state index in [1.54, 1.807) is 24.3 Å². The van der Waals surface area contributed by atoms with Gasteiger partial charge in [-0.25, -0.2) is 0 Å². The number of ether oxygens (including phenoxy) is 2. The molecule has 0 aliphatic carbocycles. The first kappa shape index (κ1) is 24.9. The molecule has 2 aromatic carbocycles. The van der Waals surface area contributed by atoms with Crippen LogP contribution in [0.3, 0.4) is 0 Å². The van der Waals surface area contributed by atoms with Crippen LogP contribution >= 0.6 is 11.8 Å². The van der Waals surface area contributed by atoms with Gasteiger partial charge in [0.15, 0.2) is 0 Å². The number of nitrogens with two attached hydrogens (primary N) is 1. The summed E-state index contributed by atoms with van der Waals surface area (Å²) in [5.41, 5.74) is 8.11. The molecule has 1 saturated heterocycles. The number of carbonyl (C=O) groups excluding carboxylic acids is 3. The van der Waals surface area contributed by atoms with Crippen LogP contribution in [-0.4, -0.2) is 42.2 Å². The molecule has 36 heavy (non-hydrogen) atoms. The third kappa shape index (κ3) is 4.65. The normalized spacial score (nSPS) is 19.0. The van der Waals surface area contributed by atoms with Crippen LogP contribution in [0.2, 0.25) is 0 Å². The van der Waals surface area contributed by atoms with E-state index < -0.39 is 29.0 Å². The van der Waals surface area contributed by atoms with E-state index in [0.29, 0.717) is 16.3 Å². The average molecular weight is 505 g/mol. The monoisotopic (exact) mass is 504 g/mol. The Morgan fingerprint density at radius 3 is 2.58 bits per heavy atom. The van der Waals surface area contributed by atoms with Gasteiger partial charge in [0, 0.05) is 6.54 Å². The standard InChI is InChI=1S/C26H24N4O5S/c1-34-17-10-6-9-16(11-17)21-18(13-27)23(28)30-25(33)19(12-20(31)35-2)36-26(30)22(21)24(32)29-14-15-7-4-3-5-8-15/h3-11,19,21H,12,14,28H2,1-2H3,(H,29,32). The summed E-state index contributed by atoms with van der Waals surface area (Å²) in [5.74, 6) is -1.87. The summed E-state index contributed by atoms with van der Waals surface area (Å²) in [6.07, 6.45) is -0.197. The molecule has 2 unspecified atom stereocenters. The Balaban J connectivity index is 1.83. The van der Waals surface area contributed by atoms with Crippen LogP contribution in [0.1, 0.15) is 23.5 Å². The van der Waals surface area contributed by atoms with Gasteiger partial charge in [0.2, 0.25) is 5.91 Å². The molecule has 4 rings (SSSR count). The summed E-state index contributed by atoms with van der Waals surface area (Å²) in [5, 5.41) is 12.5. The van der Waals surface area contributed by atoms with E-state index in [1.165, 1.54) is 19.1 Å². The predicted molar refractivity (Wildman–Crippen MR) is 133 cm³/mol. The molecule has 0 aromatic heterocycles. The summed E-state index contributed by atoms with van der Waals surface area (Å²) in [6.45, 7) is 0.243. The highest BCUT2D eigenvalue weighted by molar-refractivity contribution is 8.04. The highest BCUT2D eigenvalue weighted by atomic mass is 32.2. The fraction of sp³-hybridized carbons (Fsp3) is 0.231. The number of nitriles is 1. The van der Waals surface area contributed by atoms with Gasteiger partial charge in [0.25, 0.3) is 5.91 Å². The number of hydrogen-bond donors (Lipinski definition) is 2. The summed E-state index contributed by atoms with van der Waals surface area (Å²) in [7, 11) is 2.76. The zero-order chi connectivity index (χ0) is 25.8. The first-order valence-corrected chi connectivity index (χ1v) is 11.9. The van der Waals surface area contributed by atoms with E-state index in [4.69, 9.17) is 15.2 Å². The first-order valence-electron chi connectivity index (χ1n) is 11.1. The molecule has 0 spiro atoms. The van der Waals surface area contributed by atoms with Crippen LogP contribution in [0.4, 0.5) is 0 Å². The Morgan fingerprint density at radius 1 is 1.17 bits per heavy atom. The lowest BCUT2D eigenvalue weighted by Crippen LogP contribution is -2.40. The molecule has 2 aromatic rings. The van der Waals surface area contributed by atoms with Crippen molar-refractivity contribution in [2.24, 2.45) is 5.73 Å². The SMILES string of the molecule is COC(=O)CC1SC2=C(C(=O)NCc3ccccc3)C(c3cccc(OC)c3)C(C#N)=C(N)N2C1=O. The smallest absolute Gasteiger partial charge is 0.307 e. The molecule has 9 nitrogen and oxygen atoms in total. The number of allylic oxidation sites excluding steroid dienone is 1. The van der Waals surface area contributed by atoms with Crippen molar-refractivity contribution in [3.05, 3.63) is 87.7 Å². The summed E-state index contributed by atoms with van der Waals surface area (Å²) >= 11 is 1.07. The lowest BCUT2D eigenvalue weighted by atomic mass is 9.82. The number of nitrogens with one attached hydrogen (secondary N) is 1. The van der Waals surface area contributed by atoms with Gasteiger partial charge in [-0.2, -0.15) is 5.26 Å². The Kier molecular flexibility index (Phi) is 7.31. The lowest BCUT2D eigenvalue weighted by Gasteiger charge is -2.32. The number of thioether (sulfide) groups is 1. The molecule has 2 aliphatic rings. The van der Waals surface area contributed by atoms with E-state index in [9.17, 15) is 19.6 Å². The Labute approximate surface area is 212 Å². The number of carbonyl (C=O) groups is 3. The van der Waals surface area contributed by atoms with Crippen LogP contribution in [0.25, 0.3) is 0 Å². The number of methoxy groups -OCH3 is 2. The van der Waals surface area contributed by atoms with E-state index in [-0.39, 0.29) is 29.9 Å². The lowest BCUT2D eigenvalue weighted by molar-refractivity contribution is -0.142. The number of benzene rings is 2. The predicted octanol–water partition coefficient (Wildman–Crippen LogP) is 2.52. The quantitative estimate of drug-likeness (QED) is 0.549. The second kappa shape index (κ2) is 10.6. The molecule has 184 valence electrons. The molecule has 0 saturated carbocycles. The summed E-state index contributed by atoms with van der Waals surface area (Å²) < 4.78 is 10.1. The Morgan fingerprint density at radius 2 is 1.92 bits per heavy atom. The molecule has 2 atom stereocenters. The van der Waals surface area contributed by atoms with Gasteiger partial charge in [0.05, 0.1) is 48.8 Å². The second-order valence-electron chi connectivity index (χ2n) is 8.07. The van der Waals surface area contributed by atoms with Gasteiger partial charge < -0.3 is 20.5 Å². The number of hydrogen-bond acceptors (Lipinski definition) is 8. The maximum absolute atomic E-state index is 13.7. The largest absolute Gasteiger partial charge is 0.497 e. The Hall–Kier alpha value is -4.23. The minimum Gasteiger partial charge on any atom is -0.497 e. The van der Waals surface area contributed by atoms with Crippen molar-refractivity contribution in [1.29, 1.82) is 5.26 Å². The van der Waals surface area contributed by atoms with Crippen molar-refractivity contribution in [3.63, 3.8) is 0 Å². The fourth-order valence-electron chi connectivity index (χ4n) is 4.17. The molecule has 10 heteroatoms. The van der Waals surface area contributed by atoms with Crippen molar-refractivity contribution in [2.45, 2.75) is 24.1 Å². The molecule has 2 aliphatic heterocycles. The highest BCUT2D eigenvalue weighted by Crippen LogP contribution is 2.50. The van der Waals surface area contributed by atoms with E-state index >= 15 is 0 Å². The second-order valence-corrected chi connectivity index (χ2v) is 9.26. The molecule has 2 heterocycles. The molecule has 0 radical (unpaired) electrons. The number of fused-ring (bicyclic) bond motifs is 1. The van der Waals surface area contributed by atoms with Crippen molar-refractivity contribution in [1.82, 2.24) is 10.2 Å². The maximum atomic E-state index is 13.7. The summed E-state index contributed by atoms with van der Waals surface area (Å²) in [4.78, 5) is 40.1. The van der Waals surface area contributed by atoms with Crippen molar-refractivity contribution in [2.75, 3.05) is 14.2 Å². The summed E-state index contributed by atoms with van der Waals surface area (Å²) in [6, 6.07) is 18.5. The minimum atomic E-state index is -0.843. The molecule has 1 fully saturated rings. The topological polar surface area (TPSA) is 135 Å². The van der Waals surface area contributed by atoms with E-state index in [2.05, 4.69) is 11.4 Å². The highest BCUT2D eigenvalue weighted by Gasteiger charge is 2.48. The number of esters is 1. The van der Waals surface area contributed by atoms with E-state index in [0.717, 1.165) is 17.3 Å². The molecular formula is C26H24N4O5S. The zero-order valence-electron chi connectivity index (χ0n) is 19.7. The molecular weight excluding hydrogens is 480 g/mol. The van der Waals surface area contributed by atoms with Crippen LogP contribution in [0.5, 0.6) is 5.75 Å². The Bertz CT molecular complexity index is 1320. The number of nitrogens with zero attached hydrogens (tertiary/aromatic N) is 2. The van der Waals surface area contributed by atoms with Gasteiger partial charge in [0.1, 0.15) is 16.8 Å². The average Bonchev–Trinajstić information content (AvgIpc) is 3.23. The van der Waals surface area contributed by atoms with Crippen molar-refractivity contribution in [3.8, 4) is 11.8 Å².